The van der Waals surface area contributed by atoms with Crippen LogP contribution in [0, 0.1) is 0 Å². The first-order chi connectivity index (χ1) is 15.3. The molecule has 0 bridgehead atoms. The summed E-state index contributed by atoms with van der Waals surface area (Å²) in [5.41, 5.74) is 2.45. The van der Waals surface area contributed by atoms with Gasteiger partial charge in [0.15, 0.2) is 11.5 Å². The second-order valence-electron chi connectivity index (χ2n) is 8.36. The summed E-state index contributed by atoms with van der Waals surface area (Å²) >= 11 is 0. The minimum atomic E-state index is -0.829. The molecule has 0 aromatic heterocycles. The monoisotopic (exact) mass is 441 g/mol. The van der Waals surface area contributed by atoms with Crippen molar-refractivity contribution >= 4 is 11.9 Å². The average molecular weight is 442 g/mol. The van der Waals surface area contributed by atoms with E-state index in [1.54, 1.807) is 14.2 Å². The number of hydrogen-bond donors (Lipinski definition) is 1. The lowest BCUT2D eigenvalue weighted by Crippen LogP contribution is -2.35. The number of ether oxygens (including phenoxy) is 4. The van der Waals surface area contributed by atoms with Crippen LogP contribution >= 0.6 is 0 Å². The lowest BCUT2D eigenvalue weighted by atomic mass is 9.99. The van der Waals surface area contributed by atoms with Crippen LogP contribution in [0.5, 0.6) is 17.2 Å². The van der Waals surface area contributed by atoms with Crippen molar-refractivity contribution in [2.45, 2.75) is 52.2 Å². The molecule has 7 heteroatoms. The zero-order chi connectivity index (χ0) is 23.3. The van der Waals surface area contributed by atoms with Gasteiger partial charge < -0.3 is 24.3 Å². The minimum absolute atomic E-state index is 0.0676. The number of fused-ring (bicyclic) bond motifs is 1. The number of amides is 1. The molecular formula is C25H31NO6. The fourth-order valence-electron chi connectivity index (χ4n) is 3.62. The van der Waals surface area contributed by atoms with E-state index in [1.807, 2.05) is 51.1 Å². The summed E-state index contributed by atoms with van der Waals surface area (Å²) in [6.45, 7) is 6.29. The smallest absolute Gasteiger partial charge is 0.306 e. The fraction of sp³-hybridized carbons (Fsp3) is 0.440. The zero-order valence-corrected chi connectivity index (χ0v) is 19.4. The van der Waals surface area contributed by atoms with Crippen molar-refractivity contribution in [1.29, 1.82) is 0 Å². The Hall–Kier alpha value is -3.22. The van der Waals surface area contributed by atoms with Gasteiger partial charge in [0.1, 0.15) is 12.2 Å². The molecule has 0 radical (unpaired) electrons. The van der Waals surface area contributed by atoms with Gasteiger partial charge in [-0.25, -0.2) is 0 Å². The third-order valence-corrected chi connectivity index (χ3v) is 5.29. The van der Waals surface area contributed by atoms with E-state index >= 15 is 0 Å². The number of methoxy groups -OCH3 is 2. The molecule has 0 saturated heterocycles. The van der Waals surface area contributed by atoms with Crippen molar-refractivity contribution in [2.24, 2.45) is 0 Å². The van der Waals surface area contributed by atoms with Crippen LogP contribution < -0.4 is 19.5 Å². The summed E-state index contributed by atoms with van der Waals surface area (Å²) in [5, 5.41) is 2.83. The Morgan fingerprint density at radius 2 is 1.81 bits per heavy atom. The lowest BCUT2D eigenvalue weighted by molar-refractivity contribution is -0.159. The molecule has 0 spiro atoms. The number of rotatable bonds is 10. The van der Waals surface area contributed by atoms with Crippen LogP contribution in [0.1, 0.15) is 56.0 Å². The van der Waals surface area contributed by atoms with E-state index in [0.717, 1.165) is 29.5 Å². The maximum atomic E-state index is 12.1. The second kappa shape index (κ2) is 9.94. The van der Waals surface area contributed by atoms with Gasteiger partial charge in [0.05, 0.1) is 14.2 Å². The Bertz CT molecular complexity index is 998. The highest BCUT2D eigenvalue weighted by Gasteiger charge is 2.27. The summed E-state index contributed by atoms with van der Waals surface area (Å²) in [5.74, 6) is 1.16. The number of benzene rings is 2. The topological polar surface area (TPSA) is 83.1 Å². The maximum absolute atomic E-state index is 12.1. The van der Waals surface area contributed by atoms with Gasteiger partial charge in [0.2, 0.25) is 5.75 Å². The van der Waals surface area contributed by atoms with Crippen LogP contribution in [0.4, 0.5) is 0 Å². The largest absolute Gasteiger partial charge is 0.493 e. The van der Waals surface area contributed by atoms with E-state index in [4.69, 9.17) is 18.9 Å². The molecule has 0 fully saturated rings. The highest BCUT2D eigenvalue weighted by Crippen LogP contribution is 2.45. The Morgan fingerprint density at radius 3 is 2.50 bits per heavy atom. The van der Waals surface area contributed by atoms with Crippen LogP contribution in [0.3, 0.4) is 0 Å². The highest BCUT2D eigenvalue weighted by atomic mass is 16.6. The first-order valence-corrected chi connectivity index (χ1v) is 10.8. The van der Waals surface area contributed by atoms with Crippen molar-refractivity contribution in [3.8, 4) is 28.4 Å². The van der Waals surface area contributed by atoms with E-state index in [2.05, 4.69) is 5.32 Å². The molecule has 2 aromatic carbocycles. The molecule has 1 heterocycles. The molecule has 0 atom stereocenters. The van der Waals surface area contributed by atoms with E-state index < -0.39 is 5.60 Å². The van der Waals surface area contributed by atoms with Crippen molar-refractivity contribution in [3.05, 3.63) is 41.5 Å². The summed E-state index contributed by atoms with van der Waals surface area (Å²) in [7, 11) is 3.11. The molecule has 1 amide bonds. The third-order valence-electron chi connectivity index (χ3n) is 5.29. The molecule has 0 saturated carbocycles. The molecule has 2 aromatic rings. The standard InChI is InChI=1S/C25H31NO6/c1-6-7-8-21(27)32-25(2,3)15-31-22-18(11-12-20(29-4)23(22)30-5)16-9-10-19-17(13-16)14-26-24(19)28/h9-13H,6-8,14-15H2,1-5H3,(H,26,28). The number of nitrogens with one attached hydrogen (secondary N) is 1. The van der Waals surface area contributed by atoms with Crippen LogP contribution in [0.25, 0.3) is 11.1 Å². The van der Waals surface area contributed by atoms with Gasteiger partial charge in [-0.1, -0.05) is 19.4 Å². The van der Waals surface area contributed by atoms with Gasteiger partial charge in [-0.15, -0.1) is 0 Å². The number of hydrogen-bond acceptors (Lipinski definition) is 6. The van der Waals surface area contributed by atoms with Crippen molar-refractivity contribution in [2.75, 3.05) is 20.8 Å². The fourth-order valence-corrected chi connectivity index (χ4v) is 3.62. The maximum Gasteiger partial charge on any atom is 0.306 e. The predicted octanol–water partition coefficient (Wildman–Crippen LogP) is 4.51. The van der Waals surface area contributed by atoms with Crippen LogP contribution in [0.2, 0.25) is 0 Å². The Balaban J connectivity index is 1.92. The van der Waals surface area contributed by atoms with Crippen LogP contribution in [-0.4, -0.2) is 38.3 Å². The third kappa shape index (κ3) is 5.15. The van der Waals surface area contributed by atoms with E-state index in [0.29, 0.717) is 35.8 Å². The van der Waals surface area contributed by atoms with Gasteiger partial charge in [-0.2, -0.15) is 0 Å². The van der Waals surface area contributed by atoms with E-state index in [9.17, 15) is 9.59 Å². The number of unbranched alkanes of at least 4 members (excludes halogenated alkanes) is 1. The predicted molar refractivity (Wildman–Crippen MR) is 121 cm³/mol. The van der Waals surface area contributed by atoms with Crippen molar-refractivity contribution < 1.29 is 28.5 Å². The normalized spacial score (nSPS) is 12.7. The van der Waals surface area contributed by atoms with E-state index in [-0.39, 0.29) is 18.5 Å². The van der Waals surface area contributed by atoms with Gasteiger partial charge in [0, 0.05) is 24.1 Å². The highest BCUT2D eigenvalue weighted by molar-refractivity contribution is 5.99. The first kappa shape index (κ1) is 23.4. The zero-order valence-electron chi connectivity index (χ0n) is 19.4. The summed E-state index contributed by atoms with van der Waals surface area (Å²) in [6.07, 6.45) is 2.10. The van der Waals surface area contributed by atoms with Crippen LogP contribution in [-0.2, 0) is 16.1 Å². The molecule has 3 rings (SSSR count). The average Bonchev–Trinajstić information content (AvgIpc) is 3.15. The Kier molecular flexibility index (Phi) is 7.28. The summed E-state index contributed by atoms with van der Waals surface area (Å²) < 4.78 is 22.9. The van der Waals surface area contributed by atoms with Crippen LogP contribution in [0.15, 0.2) is 30.3 Å². The molecule has 1 aliphatic rings. The Labute approximate surface area is 189 Å². The van der Waals surface area contributed by atoms with Gasteiger partial charge in [0.25, 0.3) is 5.91 Å². The lowest BCUT2D eigenvalue weighted by Gasteiger charge is -2.27. The molecule has 1 N–H and O–H groups in total. The molecule has 7 nitrogen and oxygen atoms in total. The molecule has 0 unspecified atom stereocenters. The Morgan fingerprint density at radius 1 is 1.06 bits per heavy atom. The first-order valence-electron chi connectivity index (χ1n) is 10.8. The van der Waals surface area contributed by atoms with Gasteiger partial charge in [-0.3, -0.25) is 9.59 Å². The summed E-state index contributed by atoms with van der Waals surface area (Å²) in [6, 6.07) is 9.37. The second-order valence-corrected chi connectivity index (χ2v) is 8.36. The number of carbonyl (C=O) groups is 2. The van der Waals surface area contributed by atoms with Crippen molar-refractivity contribution in [1.82, 2.24) is 5.32 Å². The SMILES string of the molecule is CCCCC(=O)OC(C)(C)COc1c(-c2ccc3c(c2)CNC3=O)ccc(OC)c1OC. The molecule has 32 heavy (non-hydrogen) atoms. The summed E-state index contributed by atoms with van der Waals surface area (Å²) in [4.78, 5) is 24.0. The van der Waals surface area contributed by atoms with Gasteiger partial charge in [-0.05, 0) is 55.7 Å². The quantitative estimate of drug-likeness (QED) is 0.547. The molecule has 172 valence electrons. The number of carbonyl (C=O) groups excluding carboxylic acids is 2. The van der Waals surface area contributed by atoms with Gasteiger partial charge >= 0.3 is 5.97 Å². The number of esters is 1. The van der Waals surface area contributed by atoms with E-state index in [1.165, 1.54) is 0 Å². The molecule has 0 aliphatic carbocycles. The minimum Gasteiger partial charge on any atom is -0.493 e. The molecular weight excluding hydrogens is 410 g/mol. The molecule has 1 aliphatic heterocycles. The van der Waals surface area contributed by atoms with Crippen molar-refractivity contribution in [3.63, 3.8) is 0 Å².